The molecule has 2 amide bonds. The number of benzene rings is 2. The van der Waals surface area contributed by atoms with Crippen LogP contribution in [0, 0.1) is 39.9 Å². The van der Waals surface area contributed by atoms with Gasteiger partial charge in [-0.3, -0.25) is 19.7 Å². The van der Waals surface area contributed by atoms with E-state index in [-0.39, 0.29) is 74.0 Å². The molecular formula is C40H55BBr2N10O8. The fourth-order valence-corrected chi connectivity index (χ4v) is 7.16. The molecule has 0 spiro atoms. The van der Waals surface area contributed by atoms with Gasteiger partial charge in [0.1, 0.15) is 11.4 Å². The van der Waals surface area contributed by atoms with Crippen molar-refractivity contribution in [1.82, 2.24) is 15.1 Å². The van der Waals surface area contributed by atoms with Gasteiger partial charge in [-0.1, -0.05) is 46.6 Å². The highest BCUT2D eigenvalue weighted by molar-refractivity contribution is 9.10. The normalized spacial score (nSPS) is 17.8. The number of hydrogen-bond acceptors (Lipinski definition) is 14. The number of halogens is 2. The number of carbonyl (C=O) groups excluding carboxylic acids is 4. The Hall–Kier alpha value is -5.74. The van der Waals surface area contributed by atoms with E-state index in [0.29, 0.717) is 20.2 Å². The lowest BCUT2D eigenvalue weighted by atomic mass is 9.80. The number of methoxy groups -OCH3 is 2. The maximum atomic E-state index is 11.9. The third-order valence-corrected chi connectivity index (χ3v) is 10.9. The highest BCUT2D eigenvalue weighted by Gasteiger charge is 2.29. The number of amidine groups is 1. The molecule has 0 saturated heterocycles. The number of nitrogens with two attached hydrogens (primary N) is 3. The first-order valence-corrected chi connectivity index (χ1v) is 19.8. The molecule has 1 aromatic heterocycles. The summed E-state index contributed by atoms with van der Waals surface area (Å²) in [6.45, 7) is 0. The summed E-state index contributed by atoms with van der Waals surface area (Å²) in [5.74, 6) is -2.68. The van der Waals surface area contributed by atoms with E-state index in [1.807, 2.05) is 0 Å². The number of nitrogens with zero attached hydrogens (tertiary/aromatic N) is 4. The smallest absolute Gasteiger partial charge is 0.465 e. The van der Waals surface area contributed by atoms with Crippen molar-refractivity contribution in [3.63, 3.8) is 0 Å². The van der Waals surface area contributed by atoms with Crippen molar-refractivity contribution in [1.29, 1.82) is 15.9 Å². The number of nitrogens with one attached hydrogen (secondary N) is 3. The second kappa shape index (κ2) is 25.8. The molecule has 4 atom stereocenters. The molecule has 18 nitrogen and oxygen atoms in total. The molecule has 5 rings (SSSR count). The molecule has 2 unspecified atom stereocenters. The van der Waals surface area contributed by atoms with Crippen molar-refractivity contribution in [2.24, 2.45) is 29.0 Å². The van der Waals surface area contributed by atoms with E-state index in [4.69, 9.17) is 42.7 Å². The quantitative estimate of drug-likeness (QED) is 0.0416. The summed E-state index contributed by atoms with van der Waals surface area (Å²) in [6.07, 6.45) is 10.4. The molecule has 2 fully saturated rings. The number of hydrogen-bond donors (Lipinski definition) is 8. The first-order chi connectivity index (χ1) is 28.1. The molecule has 11 N–H and O–H groups in total. The minimum Gasteiger partial charge on any atom is -0.465 e. The fraction of sp³-hybridized carbons (Fsp3) is 0.400. The lowest BCUT2D eigenvalue weighted by Crippen LogP contribution is -2.36. The molecule has 0 bridgehead atoms. The van der Waals surface area contributed by atoms with E-state index in [1.165, 1.54) is 32.6 Å². The van der Waals surface area contributed by atoms with Crippen LogP contribution < -0.4 is 33.3 Å². The Balaban J connectivity index is 0.000000947. The zero-order chi connectivity index (χ0) is 43.8. The summed E-state index contributed by atoms with van der Waals surface area (Å²) >= 11 is 6.47. The van der Waals surface area contributed by atoms with E-state index < -0.39 is 30.9 Å². The maximum Gasteiger partial charge on any atom is 0.488 e. The third kappa shape index (κ3) is 15.0. The van der Waals surface area contributed by atoms with Gasteiger partial charge in [-0.25, -0.2) is 9.59 Å². The van der Waals surface area contributed by atoms with Gasteiger partial charge in [0.05, 0.1) is 60.9 Å². The topological polar surface area (TPSA) is 319 Å². The van der Waals surface area contributed by atoms with Crippen LogP contribution in [0.25, 0.3) is 0 Å². The lowest BCUT2D eigenvalue weighted by molar-refractivity contribution is -0.114. The molecule has 61 heavy (non-hydrogen) atoms. The Morgan fingerprint density at radius 3 is 1.95 bits per heavy atom. The average Bonchev–Trinajstić information content (AvgIpc) is 3.65. The molecule has 3 aromatic rings. The van der Waals surface area contributed by atoms with Crippen molar-refractivity contribution in [3.05, 3.63) is 80.0 Å². The lowest BCUT2D eigenvalue weighted by Gasteiger charge is -2.27. The number of anilines is 2. The van der Waals surface area contributed by atoms with Crippen molar-refractivity contribution in [2.45, 2.75) is 78.3 Å². The predicted molar refractivity (Wildman–Crippen MR) is 241 cm³/mol. The number of primary amides is 2. The Kier molecular flexibility index (Phi) is 22.5. The average molecular weight is 976 g/mol. The zero-order valence-corrected chi connectivity index (χ0v) is 35.5. The number of nitriles is 2. The summed E-state index contributed by atoms with van der Waals surface area (Å²) in [5.41, 5.74) is 17.4. The van der Waals surface area contributed by atoms with Crippen LogP contribution in [-0.2, 0) is 14.3 Å². The highest BCUT2D eigenvalue weighted by atomic mass is 79.9. The van der Waals surface area contributed by atoms with Crippen LogP contribution in [0.4, 0.5) is 11.5 Å². The summed E-state index contributed by atoms with van der Waals surface area (Å²) in [4.78, 5) is 46.0. The maximum absolute atomic E-state index is 11.9. The van der Waals surface area contributed by atoms with Crippen LogP contribution in [-0.4, -0.2) is 76.8 Å². The number of carbonyl (C=O) groups is 4. The number of aromatic nitrogens is 2. The number of amides is 2. The predicted octanol–water partition coefficient (Wildman–Crippen LogP) is 4.93. The van der Waals surface area contributed by atoms with Crippen molar-refractivity contribution in [2.75, 3.05) is 19.5 Å². The Morgan fingerprint density at radius 1 is 0.885 bits per heavy atom. The molecule has 2 aliphatic rings. The van der Waals surface area contributed by atoms with Gasteiger partial charge >= 0.3 is 19.1 Å². The van der Waals surface area contributed by atoms with Crippen molar-refractivity contribution >= 4 is 85.5 Å². The number of esters is 2. The van der Waals surface area contributed by atoms with Gasteiger partial charge in [0.15, 0.2) is 5.82 Å². The second-order valence-electron chi connectivity index (χ2n) is 13.4. The molecule has 1 heterocycles. The van der Waals surface area contributed by atoms with Crippen LogP contribution >= 0.6 is 31.9 Å². The van der Waals surface area contributed by atoms with Crippen molar-refractivity contribution < 1.29 is 40.1 Å². The minimum absolute atomic E-state index is 0. The third-order valence-electron chi connectivity index (χ3n) is 9.49. The van der Waals surface area contributed by atoms with Gasteiger partial charge in [0.2, 0.25) is 0 Å². The second-order valence-corrected chi connectivity index (χ2v) is 15.1. The van der Waals surface area contributed by atoms with Crippen LogP contribution in [0.1, 0.15) is 105 Å². The molecule has 2 aliphatic carbocycles. The number of ether oxygens (including phenoxy) is 2. The fourth-order valence-electron chi connectivity index (χ4n) is 6.35. The first-order valence-electron chi connectivity index (χ1n) is 18.2. The van der Waals surface area contributed by atoms with Gasteiger partial charge in [-0.2, -0.15) is 15.6 Å². The summed E-state index contributed by atoms with van der Waals surface area (Å²) < 4.78 is 12.1. The Labute approximate surface area is 374 Å². The summed E-state index contributed by atoms with van der Waals surface area (Å²) in [6, 6.07) is 13.9. The largest absolute Gasteiger partial charge is 0.488 e. The molecule has 2 aromatic carbocycles. The van der Waals surface area contributed by atoms with E-state index in [0.717, 1.165) is 51.4 Å². The highest BCUT2D eigenvalue weighted by Crippen LogP contribution is 2.35. The molecule has 2 saturated carbocycles. The standard InChI is InChI=1S/C19H20BrN5O3.C11H17N5O.C8H8BBrO4.2CH4.H2/c1-28-19(27)13-8-12(6-7-15(13)20)23-18-14(17(22)26)10-25(24-18)16-5-3-2-4-11(16)9-21;12-5-7-3-1-2-4-9(7)16-6-8(10(13)14)11(15)17;1-14-8(11)6-4-5(9(12)13)2-3-7(6)10;;;/h6-8,10-11,16H,2-5H2,1H3,(H2,22,26)(H,23,24);6-7,9,16H,1-4H2,(H3,13,14)(H2,15,17);2-4,12-13H,1H3;2*1H4;1H/b;8-6+;;;;/t11-,16?;7-,9?;;;;/m11..../s1/i;;;;;1+1. The summed E-state index contributed by atoms with van der Waals surface area (Å²) in [5, 5.41) is 53.9. The van der Waals surface area contributed by atoms with Gasteiger partial charge in [0, 0.05) is 34.5 Å². The van der Waals surface area contributed by atoms with Gasteiger partial charge < -0.3 is 47.4 Å². The molecular weight excluding hydrogens is 919 g/mol. The molecule has 0 radical (unpaired) electrons. The SMILES string of the molecule is C.C.COC(=O)c1cc(B(O)O)ccc1Br.COC(=O)c1cc(Nc2nn(C3CCCC[C@@H]3C#N)cc2C(N)=O)ccc1Br.N#C[C@H]1CCCCC1N/C=C(\C(=N)N)C(N)=O.[2HH]. The van der Waals surface area contributed by atoms with Crippen LogP contribution in [0.2, 0.25) is 0 Å². The van der Waals surface area contributed by atoms with Gasteiger partial charge in [0.25, 0.3) is 11.8 Å². The van der Waals surface area contributed by atoms with E-state index in [2.05, 4.69) is 64.5 Å². The van der Waals surface area contributed by atoms with E-state index >= 15 is 0 Å². The minimum atomic E-state index is -1.59. The number of rotatable bonds is 11. The monoisotopic (exact) mass is 973 g/mol. The Bertz CT molecular complexity index is 2130. The van der Waals surface area contributed by atoms with Crippen molar-refractivity contribution in [3.8, 4) is 12.1 Å². The van der Waals surface area contributed by atoms with E-state index in [9.17, 15) is 24.4 Å². The Morgan fingerprint density at radius 2 is 1.43 bits per heavy atom. The van der Waals surface area contributed by atoms with Gasteiger partial charge in [-0.15, -0.1) is 0 Å². The first kappa shape index (κ1) is 53.3. The van der Waals surface area contributed by atoms with Crippen LogP contribution in [0.15, 0.2) is 63.3 Å². The zero-order valence-electron chi connectivity index (χ0n) is 32.3. The molecule has 330 valence electrons. The summed E-state index contributed by atoms with van der Waals surface area (Å²) in [7, 11) is 0.973. The van der Waals surface area contributed by atoms with Crippen LogP contribution in [0.5, 0.6) is 0 Å². The molecule has 21 heteroatoms. The van der Waals surface area contributed by atoms with Gasteiger partial charge in [-0.05, 0) is 93.3 Å². The molecule has 0 aliphatic heterocycles. The van der Waals surface area contributed by atoms with Crippen LogP contribution in [0.3, 0.4) is 0 Å². The van der Waals surface area contributed by atoms with E-state index in [1.54, 1.807) is 35.1 Å².